The fraction of sp³-hybridized carbons (Fsp3) is 0.778. The van der Waals surface area contributed by atoms with Crippen LogP contribution in [0.4, 0.5) is 13.2 Å². The molecule has 1 fully saturated rings. The van der Waals surface area contributed by atoms with Gasteiger partial charge in [-0.05, 0) is 49.0 Å². The Morgan fingerprint density at radius 3 is 2.48 bits per heavy atom. The molecule has 7 heteroatoms. The Hall–Kier alpha value is -1.53. The minimum absolute atomic E-state index is 0.0144. The standard InChI is InChI=1S/C18H25F3O4/c1-11(18(19,20)21)25-16(23)6-4-5-15(22)24-10-12-7-8-13-9-14(12)17(13,2)3/h7,11,13-14H,4-6,8-10H2,1-3H3. The molecule has 0 spiro atoms. The molecule has 4 nitrogen and oxygen atoms in total. The number of esters is 2. The van der Waals surface area contributed by atoms with Gasteiger partial charge in [-0.25, -0.2) is 0 Å². The number of hydrogen-bond acceptors (Lipinski definition) is 4. The smallest absolute Gasteiger partial charge is 0.425 e. The highest BCUT2D eigenvalue weighted by Gasteiger charge is 2.51. The van der Waals surface area contributed by atoms with Crippen molar-refractivity contribution in [1.29, 1.82) is 0 Å². The summed E-state index contributed by atoms with van der Waals surface area (Å²) < 4.78 is 46.3. The second kappa shape index (κ2) is 7.38. The van der Waals surface area contributed by atoms with Crippen molar-refractivity contribution in [2.75, 3.05) is 6.61 Å². The van der Waals surface area contributed by atoms with E-state index >= 15 is 0 Å². The van der Waals surface area contributed by atoms with Crippen LogP contribution in [0, 0.1) is 17.3 Å². The predicted octanol–water partition coefficient (Wildman–Crippen LogP) is 4.19. The van der Waals surface area contributed by atoms with Crippen LogP contribution in [0.2, 0.25) is 0 Å². The van der Waals surface area contributed by atoms with Gasteiger partial charge in [-0.2, -0.15) is 13.2 Å². The summed E-state index contributed by atoms with van der Waals surface area (Å²) >= 11 is 0. The topological polar surface area (TPSA) is 52.6 Å². The first-order valence-electron chi connectivity index (χ1n) is 8.62. The van der Waals surface area contributed by atoms with Crippen LogP contribution in [0.25, 0.3) is 0 Å². The lowest BCUT2D eigenvalue weighted by Gasteiger charge is -2.56. The summed E-state index contributed by atoms with van der Waals surface area (Å²) in [5.41, 5.74) is 1.41. The molecule has 0 radical (unpaired) electrons. The van der Waals surface area contributed by atoms with Crippen LogP contribution in [0.5, 0.6) is 0 Å². The van der Waals surface area contributed by atoms with Gasteiger partial charge in [-0.3, -0.25) is 9.59 Å². The molecule has 0 heterocycles. The summed E-state index contributed by atoms with van der Waals surface area (Å²) in [4.78, 5) is 23.1. The lowest BCUT2D eigenvalue weighted by molar-refractivity contribution is -0.216. The van der Waals surface area contributed by atoms with E-state index in [1.807, 2.05) is 0 Å². The van der Waals surface area contributed by atoms with E-state index in [9.17, 15) is 22.8 Å². The number of carbonyl (C=O) groups is 2. The van der Waals surface area contributed by atoms with Gasteiger partial charge in [0.2, 0.25) is 0 Å². The fourth-order valence-electron chi connectivity index (χ4n) is 3.58. The molecule has 3 atom stereocenters. The molecular formula is C18H25F3O4. The lowest BCUT2D eigenvalue weighted by Crippen LogP contribution is -2.48. The number of hydrogen-bond donors (Lipinski definition) is 0. The second-order valence-corrected chi connectivity index (χ2v) is 7.51. The lowest BCUT2D eigenvalue weighted by atomic mass is 9.49. The third-order valence-corrected chi connectivity index (χ3v) is 5.51. The zero-order chi connectivity index (χ0) is 18.8. The third-order valence-electron chi connectivity index (χ3n) is 5.51. The number of alkyl halides is 3. The number of ether oxygens (including phenoxy) is 2. The highest BCUT2D eigenvalue weighted by atomic mass is 19.4. The van der Waals surface area contributed by atoms with Crippen LogP contribution >= 0.6 is 0 Å². The molecule has 3 unspecified atom stereocenters. The molecule has 0 aromatic heterocycles. The molecule has 3 rings (SSSR count). The normalized spacial score (nSPS) is 25.4. The molecular weight excluding hydrogens is 337 g/mol. The summed E-state index contributed by atoms with van der Waals surface area (Å²) in [6.07, 6.45) is -2.56. The monoisotopic (exact) mass is 362 g/mol. The summed E-state index contributed by atoms with van der Waals surface area (Å²) in [6.45, 7) is 5.49. The van der Waals surface area contributed by atoms with Crippen LogP contribution in [-0.4, -0.2) is 30.8 Å². The predicted molar refractivity (Wildman–Crippen MR) is 84.5 cm³/mol. The van der Waals surface area contributed by atoms with E-state index in [0.29, 0.717) is 11.8 Å². The van der Waals surface area contributed by atoms with Crippen molar-refractivity contribution < 1.29 is 32.2 Å². The highest BCUT2D eigenvalue weighted by molar-refractivity contribution is 5.72. The molecule has 142 valence electrons. The van der Waals surface area contributed by atoms with Crippen LogP contribution in [0.1, 0.15) is 52.9 Å². The Bertz CT molecular complexity index is 551. The van der Waals surface area contributed by atoms with Gasteiger partial charge >= 0.3 is 18.1 Å². The minimum Gasteiger partial charge on any atom is -0.461 e. The highest BCUT2D eigenvalue weighted by Crippen LogP contribution is 2.59. The number of carbonyl (C=O) groups excluding carboxylic acids is 2. The number of fused-ring (bicyclic) bond motifs is 1. The van der Waals surface area contributed by atoms with Crippen molar-refractivity contribution >= 4 is 11.9 Å². The molecule has 25 heavy (non-hydrogen) atoms. The van der Waals surface area contributed by atoms with Gasteiger partial charge in [0.25, 0.3) is 0 Å². The largest absolute Gasteiger partial charge is 0.461 e. The Balaban J connectivity index is 1.63. The zero-order valence-electron chi connectivity index (χ0n) is 14.8. The van der Waals surface area contributed by atoms with E-state index in [1.54, 1.807) is 0 Å². The molecule has 0 aliphatic heterocycles. The summed E-state index contributed by atoms with van der Waals surface area (Å²) in [5, 5.41) is 0. The Kier molecular flexibility index (Phi) is 5.84. The quantitative estimate of drug-likeness (QED) is 0.503. The minimum atomic E-state index is -4.57. The molecule has 0 saturated heterocycles. The summed E-state index contributed by atoms with van der Waals surface area (Å²) in [7, 11) is 0. The van der Waals surface area contributed by atoms with Gasteiger partial charge in [0.05, 0.1) is 0 Å². The zero-order valence-corrected chi connectivity index (χ0v) is 14.8. The number of rotatable bonds is 7. The van der Waals surface area contributed by atoms with Gasteiger partial charge in [0.1, 0.15) is 6.61 Å². The van der Waals surface area contributed by atoms with E-state index < -0.39 is 24.2 Å². The Labute approximate surface area is 145 Å². The van der Waals surface area contributed by atoms with Crippen LogP contribution in [0.3, 0.4) is 0 Å². The summed E-state index contributed by atoms with van der Waals surface area (Å²) in [5.74, 6) is -0.244. The molecule has 2 bridgehead atoms. The van der Waals surface area contributed by atoms with Crippen LogP contribution in [0.15, 0.2) is 11.6 Å². The first-order valence-corrected chi connectivity index (χ1v) is 8.62. The molecule has 1 saturated carbocycles. The number of halogens is 3. The molecule has 0 aromatic carbocycles. The van der Waals surface area contributed by atoms with Gasteiger partial charge in [-0.15, -0.1) is 0 Å². The van der Waals surface area contributed by atoms with E-state index in [1.165, 1.54) is 0 Å². The van der Waals surface area contributed by atoms with E-state index in [-0.39, 0.29) is 31.3 Å². The van der Waals surface area contributed by atoms with Crippen molar-refractivity contribution in [1.82, 2.24) is 0 Å². The molecule has 0 aromatic rings. The number of allylic oxidation sites excluding steroid dienone is 1. The summed E-state index contributed by atoms with van der Waals surface area (Å²) in [6, 6.07) is 0. The molecule has 0 amide bonds. The second-order valence-electron chi connectivity index (χ2n) is 7.51. The molecule has 3 aliphatic carbocycles. The first kappa shape index (κ1) is 19.8. The van der Waals surface area contributed by atoms with Crippen molar-refractivity contribution in [3.8, 4) is 0 Å². The average Bonchev–Trinajstić information content (AvgIpc) is 2.51. The SMILES string of the molecule is CC(OC(=O)CCCC(=O)OCC1=CCC2CC1C2(C)C)C(F)(F)F. The molecule has 3 aliphatic rings. The van der Waals surface area contributed by atoms with Crippen LogP contribution in [-0.2, 0) is 19.1 Å². The van der Waals surface area contributed by atoms with E-state index in [0.717, 1.165) is 25.3 Å². The van der Waals surface area contributed by atoms with Crippen molar-refractivity contribution in [2.24, 2.45) is 17.3 Å². The van der Waals surface area contributed by atoms with Gasteiger partial charge in [0, 0.05) is 12.8 Å². The van der Waals surface area contributed by atoms with Gasteiger partial charge < -0.3 is 9.47 Å². The first-order chi connectivity index (χ1) is 11.5. The van der Waals surface area contributed by atoms with Gasteiger partial charge in [0.15, 0.2) is 6.10 Å². The van der Waals surface area contributed by atoms with E-state index in [4.69, 9.17) is 4.74 Å². The van der Waals surface area contributed by atoms with E-state index in [2.05, 4.69) is 24.7 Å². The Morgan fingerprint density at radius 1 is 1.28 bits per heavy atom. The maximum absolute atomic E-state index is 12.3. The van der Waals surface area contributed by atoms with Crippen molar-refractivity contribution in [3.63, 3.8) is 0 Å². The van der Waals surface area contributed by atoms with Crippen molar-refractivity contribution in [2.45, 2.75) is 65.2 Å². The van der Waals surface area contributed by atoms with Crippen LogP contribution < -0.4 is 0 Å². The average molecular weight is 362 g/mol. The van der Waals surface area contributed by atoms with Crippen molar-refractivity contribution in [3.05, 3.63) is 11.6 Å². The maximum Gasteiger partial charge on any atom is 0.425 e. The Morgan fingerprint density at radius 2 is 1.92 bits per heavy atom. The van der Waals surface area contributed by atoms with Gasteiger partial charge in [-0.1, -0.05) is 19.9 Å². The third kappa shape index (κ3) is 4.76. The molecule has 0 N–H and O–H groups in total. The fourth-order valence-corrected chi connectivity index (χ4v) is 3.58. The maximum atomic E-state index is 12.3.